The lowest BCUT2D eigenvalue weighted by atomic mass is 10.2. The van der Waals surface area contributed by atoms with Crippen molar-refractivity contribution in [2.24, 2.45) is 0 Å². The van der Waals surface area contributed by atoms with Crippen LogP contribution in [0, 0.1) is 6.92 Å². The summed E-state index contributed by atoms with van der Waals surface area (Å²) in [6, 6.07) is 13.7. The number of hydrogen-bond donors (Lipinski definition) is 1. The third-order valence-electron chi connectivity index (χ3n) is 3.35. The summed E-state index contributed by atoms with van der Waals surface area (Å²) in [5.41, 5.74) is 9.67. The van der Waals surface area contributed by atoms with Crippen LogP contribution in [-0.4, -0.2) is 21.1 Å². The highest BCUT2D eigenvalue weighted by Crippen LogP contribution is 2.27. The molecule has 5 nitrogen and oxygen atoms in total. The lowest BCUT2D eigenvalue weighted by molar-refractivity contribution is 0.0422. The molecule has 21 heavy (non-hydrogen) atoms. The van der Waals surface area contributed by atoms with Crippen LogP contribution in [0.3, 0.4) is 0 Å². The quantitative estimate of drug-likeness (QED) is 0.799. The van der Waals surface area contributed by atoms with E-state index in [4.69, 9.17) is 10.5 Å². The molecule has 0 radical (unpaired) electrons. The standard InChI is InChI=1S/C16H18N4O/c1-3-21-15(13-9-6-7-11(2)18-13)20-14-10-5-4-8-12(14)19-16(20)17/h4-10,15H,3H2,1-2H3,(H2,17,19). The van der Waals surface area contributed by atoms with Gasteiger partial charge in [-0.15, -0.1) is 0 Å². The molecule has 3 rings (SSSR count). The Labute approximate surface area is 123 Å². The van der Waals surface area contributed by atoms with E-state index in [1.807, 2.05) is 60.9 Å². The van der Waals surface area contributed by atoms with Crippen LogP contribution in [0.2, 0.25) is 0 Å². The number of aryl methyl sites for hydroxylation is 1. The minimum absolute atomic E-state index is 0.373. The highest BCUT2D eigenvalue weighted by atomic mass is 16.5. The van der Waals surface area contributed by atoms with Crippen molar-refractivity contribution in [2.75, 3.05) is 12.3 Å². The van der Waals surface area contributed by atoms with Crippen LogP contribution < -0.4 is 5.73 Å². The molecule has 3 aromatic rings. The molecule has 2 heterocycles. The fourth-order valence-electron chi connectivity index (χ4n) is 2.46. The second kappa shape index (κ2) is 5.54. The molecule has 0 spiro atoms. The first-order valence-electron chi connectivity index (χ1n) is 6.98. The van der Waals surface area contributed by atoms with Gasteiger partial charge in [-0.05, 0) is 38.1 Å². The van der Waals surface area contributed by atoms with E-state index in [-0.39, 0.29) is 6.23 Å². The average Bonchev–Trinajstić information content (AvgIpc) is 2.81. The van der Waals surface area contributed by atoms with Crippen molar-refractivity contribution < 1.29 is 4.74 Å². The summed E-state index contributed by atoms with van der Waals surface area (Å²) in [5, 5.41) is 0. The van der Waals surface area contributed by atoms with E-state index >= 15 is 0 Å². The largest absolute Gasteiger partial charge is 0.369 e. The number of nitrogen functional groups attached to an aromatic ring is 1. The van der Waals surface area contributed by atoms with Gasteiger partial charge in [0.1, 0.15) is 0 Å². The van der Waals surface area contributed by atoms with Crippen molar-refractivity contribution in [1.82, 2.24) is 14.5 Å². The summed E-state index contributed by atoms with van der Waals surface area (Å²) in [6.45, 7) is 4.48. The van der Waals surface area contributed by atoms with E-state index in [1.54, 1.807) is 0 Å². The highest BCUT2D eigenvalue weighted by Gasteiger charge is 2.21. The molecule has 1 aromatic carbocycles. The van der Waals surface area contributed by atoms with Crippen LogP contribution in [0.15, 0.2) is 42.5 Å². The van der Waals surface area contributed by atoms with Crippen LogP contribution in [-0.2, 0) is 4.74 Å². The number of fused-ring (bicyclic) bond motifs is 1. The summed E-state index contributed by atoms with van der Waals surface area (Å²) in [4.78, 5) is 8.96. The predicted molar refractivity (Wildman–Crippen MR) is 82.9 cm³/mol. The number of nitrogens with zero attached hydrogens (tertiary/aromatic N) is 3. The Morgan fingerprint density at radius 2 is 1.95 bits per heavy atom. The average molecular weight is 282 g/mol. The van der Waals surface area contributed by atoms with Crippen molar-refractivity contribution in [3.8, 4) is 0 Å². The molecule has 1 atom stereocenters. The molecule has 5 heteroatoms. The fourth-order valence-corrected chi connectivity index (χ4v) is 2.46. The third-order valence-corrected chi connectivity index (χ3v) is 3.35. The maximum atomic E-state index is 6.10. The van der Waals surface area contributed by atoms with Crippen molar-refractivity contribution in [1.29, 1.82) is 0 Å². The molecule has 0 aliphatic heterocycles. The number of aromatic nitrogens is 3. The number of anilines is 1. The molecular weight excluding hydrogens is 264 g/mol. The molecule has 1 unspecified atom stereocenters. The van der Waals surface area contributed by atoms with Gasteiger partial charge in [0, 0.05) is 12.3 Å². The Morgan fingerprint density at radius 1 is 1.14 bits per heavy atom. The van der Waals surface area contributed by atoms with Crippen molar-refractivity contribution in [2.45, 2.75) is 20.1 Å². The number of pyridine rings is 1. The van der Waals surface area contributed by atoms with Gasteiger partial charge in [-0.1, -0.05) is 18.2 Å². The first-order chi connectivity index (χ1) is 10.2. The monoisotopic (exact) mass is 282 g/mol. The van der Waals surface area contributed by atoms with Crippen LogP contribution in [0.1, 0.15) is 24.5 Å². The van der Waals surface area contributed by atoms with Crippen molar-refractivity contribution >= 4 is 17.0 Å². The maximum Gasteiger partial charge on any atom is 0.203 e. The number of rotatable bonds is 4. The minimum atomic E-state index is -0.373. The van der Waals surface area contributed by atoms with Crippen LogP contribution in [0.4, 0.5) is 5.95 Å². The number of nitrogens with two attached hydrogens (primary N) is 1. The number of imidazole rings is 1. The van der Waals surface area contributed by atoms with Gasteiger partial charge >= 0.3 is 0 Å². The summed E-state index contributed by atoms with van der Waals surface area (Å²) >= 11 is 0. The SMILES string of the molecule is CCOC(c1cccc(C)n1)n1c(N)nc2ccccc21. The third kappa shape index (κ3) is 2.48. The first kappa shape index (κ1) is 13.6. The van der Waals surface area contributed by atoms with E-state index in [0.717, 1.165) is 22.4 Å². The predicted octanol–water partition coefficient (Wildman–Crippen LogP) is 2.91. The van der Waals surface area contributed by atoms with E-state index in [1.165, 1.54) is 0 Å². The molecule has 0 aliphatic rings. The Balaban J connectivity index is 2.18. The Morgan fingerprint density at radius 3 is 2.71 bits per heavy atom. The fraction of sp³-hybridized carbons (Fsp3) is 0.250. The molecule has 0 amide bonds. The van der Waals surface area contributed by atoms with Gasteiger partial charge in [0.05, 0.1) is 16.7 Å². The zero-order valence-electron chi connectivity index (χ0n) is 12.2. The summed E-state index contributed by atoms with van der Waals surface area (Å²) in [6.07, 6.45) is -0.373. The van der Waals surface area contributed by atoms with Gasteiger partial charge in [0.2, 0.25) is 5.95 Å². The minimum Gasteiger partial charge on any atom is -0.369 e. The van der Waals surface area contributed by atoms with Crippen LogP contribution in [0.5, 0.6) is 0 Å². The molecule has 0 saturated carbocycles. The van der Waals surface area contributed by atoms with Gasteiger partial charge in [-0.2, -0.15) is 0 Å². The van der Waals surface area contributed by atoms with Gasteiger partial charge in [-0.3, -0.25) is 9.55 Å². The second-order valence-corrected chi connectivity index (χ2v) is 4.84. The molecule has 2 N–H and O–H groups in total. The van der Waals surface area contributed by atoms with E-state index < -0.39 is 0 Å². The van der Waals surface area contributed by atoms with Gasteiger partial charge < -0.3 is 10.5 Å². The molecule has 0 aliphatic carbocycles. The highest BCUT2D eigenvalue weighted by molar-refractivity contribution is 5.78. The number of ether oxygens (including phenoxy) is 1. The van der Waals surface area contributed by atoms with Crippen LogP contribution in [0.25, 0.3) is 11.0 Å². The Hall–Kier alpha value is -2.40. The molecule has 0 bridgehead atoms. The molecular formula is C16H18N4O. The lowest BCUT2D eigenvalue weighted by Crippen LogP contribution is -2.18. The number of para-hydroxylation sites is 2. The zero-order valence-corrected chi connectivity index (χ0v) is 12.2. The summed E-state index contributed by atoms with van der Waals surface area (Å²) < 4.78 is 7.79. The normalized spacial score (nSPS) is 12.7. The maximum absolute atomic E-state index is 6.10. The molecule has 2 aromatic heterocycles. The molecule has 108 valence electrons. The zero-order chi connectivity index (χ0) is 14.8. The van der Waals surface area contributed by atoms with E-state index in [0.29, 0.717) is 12.6 Å². The molecule has 0 saturated heterocycles. The van der Waals surface area contributed by atoms with Gasteiger partial charge in [-0.25, -0.2) is 4.98 Å². The van der Waals surface area contributed by atoms with E-state index in [2.05, 4.69) is 9.97 Å². The topological polar surface area (TPSA) is 66.0 Å². The van der Waals surface area contributed by atoms with Gasteiger partial charge in [0.15, 0.2) is 6.23 Å². The Kier molecular flexibility index (Phi) is 3.58. The Bertz CT molecular complexity index is 766. The summed E-state index contributed by atoms with van der Waals surface area (Å²) in [5.74, 6) is 0.429. The summed E-state index contributed by atoms with van der Waals surface area (Å²) in [7, 11) is 0. The number of hydrogen-bond acceptors (Lipinski definition) is 4. The number of benzene rings is 1. The van der Waals surface area contributed by atoms with Crippen molar-refractivity contribution in [3.63, 3.8) is 0 Å². The van der Waals surface area contributed by atoms with Gasteiger partial charge in [0.25, 0.3) is 0 Å². The van der Waals surface area contributed by atoms with Crippen molar-refractivity contribution in [3.05, 3.63) is 53.9 Å². The van der Waals surface area contributed by atoms with E-state index in [9.17, 15) is 0 Å². The van der Waals surface area contributed by atoms with Crippen LogP contribution >= 0.6 is 0 Å². The smallest absolute Gasteiger partial charge is 0.203 e. The molecule has 0 fully saturated rings. The first-order valence-corrected chi connectivity index (χ1v) is 6.98. The lowest BCUT2D eigenvalue weighted by Gasteiger charge is -2.20. The second-order valence-electron chi connectivity index (χ2n) is 4.84.